The highest BCUT2D eigenvalue weighted by Gasteiger charge is 2.13. The van der Waals surface area contributed by atoms with Gasteiger partial charge in [-0.25, -0.2) is 0 Å². The maximum absolute atomic E-state index is 12.2. The number of hydrogen-bond donors (Lipinski definition) is 1. The number of rotatable bonds is 2. The molecule has 2 aromatic rings. The molecular weight excluding hydrogens is 338 g/mol. The van der Waals surface area contributed by atoms with Crippen molar-refractivity contribution < 1.29 is 4.79 Å². The van der Waals surface area contributed by atoms with Crippen molar-refractivity contribution in [3.8, 4) is 0 Å². The lowest BCUT2D eigenvalue weighted by molar-refractivity contribution is 0.102. The smallest absolute Gasteiger partial charge is 0.255 e. The Morgan fingerprint density at radius 1 is 1.10 bits per heavy atom. The van der Waals surface area contributed by atoms with Crippen LogP contribution in [0.4, 0.5) is 5.69 Å². The molecule has 102 valence electrons. The summed E-state index contributed by atoms with van der Waals surface area (Å²) in [7, 11) is 0. The molecule has 2 nitrogen and oxygen atoms in total. The van der Waals surface area contributed by atoms with E-state index in [1.165, 1.54) is 17.5 Å². The zero-order valence-electron chi connectivity index (χ0n) is 10.7. The van der Waals surface area contributed by atoms with Crippen LogP contribution in [0.5, 0.6) is 0 Å². The van der Waals surface area contributed by atoms with Gasteiger partial charge in [0.2, 0.25) is 0 Å². The molecule has 3 rings (SSSR count). The number of benzene rings is 2. The Bertz CT molecular complexity index is 684. The standard InChI is InChI=1S/C16H13BrClNO/c17-14-9-12(5-7-15(14)18)16(20)19-13-6-4-10-2-1-3-11(10)8-13/h4-9H,1-3H2,(H,19,20). The summed E-state index contributed by atoms with van der Waals surface area (Å²) in [4.78, 5) is 12.2. The van der Waals surface area contributed by atoms with Gasteiger partial charge in [0, 0.05) is 15.7 Å². The van der Waals surface area contributed by atoms with Crippen LogP contribution in [0.3, 0.4) is 0 Å². The molecule has 20 heavy (non-hydrogen) atoms. The average molecular weight is 351 g/mol. The van der Waals surface area contributed by atoms with E-state index in [1.54, 1.807) is 18.2 Å². The van der Waals surface area contributed by atoms with Crippen LogP contribution in [0.25, 0.3) is 0 Å². The molecule has 0 saturated heterocycles. The van der Waals surface area contributed by atoms with Crippen LogP contribution < -0.4 is 5.32 Å². The highest BCUT2D eigenvalue weighted by Crippen LogP contribution is 2.26. The number of nitrogens with one attached hydrogen (secondary N) is 1. The minimum Gasteiger partial charge on any atom is -0.322 e. The highest BCUT2D eigenvalue weighted by atomic mass is 79.9. The van der Waals surface area contributed by atoms with Gasteiger partial charge in [-0.2, -0.15) is 0 Å². The summed E-state index contributed by atoms with van der Waals surface area (Å²) in [6, 6.07) is 11.3. The van der Waals surface area contributed by atoms with Crippen molar-refractivity contribution >= 4 is 39.1 Å². The summed E-state index contributed by atoms with van der Waals surface area (Å²) in [5.41, 5.74) is 4.18. The zero-order valence-corrected chi connectivity index (χ0v) is 13.1. The molecule has 0 fully saturated rings. The molecule has 0 radical (unpaired) electrons. The first kappa shape index (κ1) is 13.7. The molecule has 0 atom stereocenters. The van der Waals surface area contributed by atoms with E-state index in [4.69, 9.17) is 11.6 Å². The Morgan fingerprint density at radius 2 is 1.90 bits per heavy atom. The van der Waals surface area contributed by atoms with Gasteiger partial charge in [0.15, 0.2) is 0 Å². The van der Waals surface area contributed by atoms with Crippen LogP contribution in [0.2, 0.25) is 5.02 Å². The topological polar surface area (TPSA) is 29.1 Å². The molecule has 2 aromatic carbocycles. The Hall–Kier alpha value is -1.32. The number of amides is 1. The molecule has 1 aliphatic carbocycles. The molecule has 0 saturated carbocycles. The molecule has 0 bridgehead atoms. The third-order valence-electron chi connectivity index (χ3n) is 3.54. The summed E-state index contributed by atoms with van der Waals surface area (Å²) in [5, 5.41) is 3.53. The lowest BCUT2D eigenvalue weighted by Gasteiger charge is -2.08. The second-order valence-corrected chi connectivity index (χ2v) is 6.18. The van der Waals surface area contributed by atoms with E-state index in [1.807, 2.05) is 6.07 Å². The van der Waals surface area contributed by atoms with Crippen LogP contribution in [-0.4, -0.2) is 5.91 Å². The predicted molar refractivity (Wildman–Crippen MR) is 85.6 cm³/mol. The third-order valence-corrected chi connectivity index (χ3v) is 4.75. The van der Waals surface area contributed by atoms with Gasteiger partial charge in [0.1, 0.15) is 0 Å². The van der Waals surface area contributed by atoms with Crippen molar-refractivity contribution in [2.75, 3.05) is 5.32 Å². The van der Waals surface area contributed by atoms with Gasteiger partial charge in [0.05, 0.1) is 5.02 Å². The molecule has 0 unspecified atom stereocenters. The average Bonchev–Trinajstić information content (AvgIpc) is 2.89. The first-order valence-electron chi connectivity index (χ1n) is 6.52. The van der Waals surface area contributed by atoms with E-state index in [9.17, 15) is 4.79 Å². The Balaban J connectivity index is 1.80. The molecule has 4 heteroatoms. The SMILES string of the molecule is O=C(Nc1ccc2c(c1)CCC2)c1ccc(Cl)c(Br)c1. The Morgan fingerprint density at radius 3 is 2.70 bits per heavy atom. The zero-order chi connectivity index (χ0) is 14.1. The fourth-order valence-electron chi connectivity index (χ4n) is 2.49. The lowest BCUT2D eigenvalue weighted by atomic mass is 10.1. The quantitative estimate of drug-likeness (QED) is 0.824. The number of halogens is 2. The van der Waals surface area contributed by atoms with Crippen molar-refractivity contribution in [2.24, 2.45) is 0 Å². The first-order chi connectivity index (χ1) is 9.63. The van der Waals surface area contributed by atoms with Gasteiger partial charge in [-0.3, -0.25) is 4.79 Å². The van der Waals surface area contributed by atoms with Crippen LogP contribution in [0, 0.1) is 0 Å². The van der Waals surface area contributed by atoms with Gasteiger partial charge in [-0.05, 0) is 76.7 Å². The monoisotopic (exact) mass is 349 g/mol. The van der Waals surface area contributed by atoms with Crippen molar-refractivity contribution in [3.63, 3.8) is 0 Å². The molecule has 0 heterocycles. The number of carbonyl (C=O) groups excluding carboxylic acids is 1. The second kappa shape index (κ2) is 5.58. The molecule has 1 amide bonds. The maximum atomic E-state index is 12.2. The molecule has 1 aliphatic rings. The van der Waals surface area contributed by atoms with Crippen molar-refractivity contribution in [2.45, 2.75) is 19.3 Å². The van der Waals surface area contributed by atoms with E-state index < -0.39 is 0 Å². The van der Waals surface area contributed by atoms with E-state index in [0.29, 0.717) is 10.6 Å². The minimum atomic E-state index is -0.125. The molecule has 0 spiro atoms. The highest BCUT2D eigenvalue weighted by molar-refractivity contribution is 9.10. The first-order valence-corrected chi connectivity index (χ1v) is 7.69. The fraction of sp³-hybridized carbons (Fsp3) is 0.188. The number of hydrogen-bond acceptors (Lipinski definition) is 1. The van der Waals surface area contributed by atoms with Gasteiger partial charge in [-0.1, -0.05) is 17.7 Å². The van der Waals surface area contributed by atoms with Gasteiger partial charge in [-0.15, -0.1) is 0 Å². The predicted octanol–water partition coefficient (Wildman–Crippen LogP) is 4.84. The second-order valence-electron chi connectivity index (χ2n) is 4.92. The normalized spacial score (nSPS) is 13.1. The summed E-state index contributed by atoms with van der Waals surface area (Å²) in [6.45, 7) is 0. The molecule has 0 aliphatic heterocycles. The van der Waals surface area contributed by atoms with Crippen LogP contribution >= 0.6 is 27.5 Å². The van der Waals surface area contributed by atoms with Gasteiger partial charge in [0.25, 0.3) is 5.91 Å². The van der Waals surface area contributed by atoms with Crippen molar-refractivity contribution in [1.29, 1.82) is 0 Å². The van der Waals surface area contributed by atoms with Gasteiger partial charge >= 0.3 is 0 Å². The number of aryl methyl sites for hydroxylation is 2. The summed E-state index contributed by atoms with van der Waals surface area (Å²) < 4.78 is 0.723. The number of fused-ring (bicyclic) bond motifs is 1. The fourth-order valence-corrected chi connectivity index (χ4v) is 2.99. The molecule has 1 N–H and O–H groups in total. The lowest BCUT2D eigenvalue weighted by Crippen LogP contribution is -2.12. The van der Waals surface area contributed by atoms with E-state index in [-0.39, 0.29) is 5.91 Å². The minimum absolute atomic E-state index is 0.125. The van der Waals surface area contributed by atoms with Crippen LogP contribution in [-0.2, 0) is 12.8 Å². The Labute approximate surface area is 131 Å². The number of carbonyl (C=O) groups is 1. The van der Waals surface area contributed by atoms with E-state index in [0.717, 1.165) is 23.0 Å². The number of anilines is 1. The van der Waals surface area contributed by atoms with Crippen molar-refractivity contribution in [1.82, 2.24) is 0 Å². The Kier molecular flexibility index (Phi) is 3.81. The van der Waals surface area contributed by atoms with Crippen LogP contribution in [0.1, 0.15) is 27.9 Å². The van der Waals surface area contributed by atoms with Crippen molar-refractivity contribution in [3.05, 3.63) is 62.6 Å². The summed E-state index contributed by atoms with van der Waals surface area (Å²) in [6.07, 6.45) is 3.45. The van der Waals surface area contributed by atoms with Crippen LogP contribution in [0.15, 0.2) is 40.9 Å². The molecular formula is C16H13BrClNO. The van der Waals surface area contributed by atoms with E-state index >= 15 is 0 Å². The summed E-state index contributed by atoms with van der Waals surface area (Å²) in [5.74, 6) is -0.125. The summed E-state index contributed by atoms with van der Waals surface area (Å²) >= 11 is 9.26. The molecule has 0 aromatic heterocycles. The van der Waals surface area contributed by atoms with E-state index in [2.05, 4.69) is 33.4 Å². The van der Waals surface area contributed by atoms with Gasteiger partial charge < -0.3 is 5.32 Å². The largest absolute Gasteiger partial charge is 0.322 e. The maximum Gasteiger partial charge on any atom is 0.255 e. The third kappa shape index (κ3) is 2.74.